The van der Waals surface area contributed by atoms with Crippen LogP contribution >= 0.6 is 0 Å². The van der Waals surface area contributed by atoms with Crippen LogP contribution in [0, 0.1) is 5.92 Å². The van der Waals surface area contributed by atoms with Crippen molar-refractivity contribution >= 4 is 12.0 Å². The Kier molecular flexibility index (Phi) is 5.25. The van der Waals surface area contributed by atoms with E-state index in [1.54, 1.807) is 7.05 Å². The van der Waals surface area contributed by atoms with E-state index >= 15 is 0 Å². The molecular weight excluding hydrogens is 220 g/mol. The molecule has 2 amide bonds. The molecule has 0 saturated heterocycles. The summed E-state index contributed by atoms with van der Waals surface area (Å²) in [5.74, 6) is -0.214. The summed E-state index contributed by atoms with van der Waals surface area (Å²) in [6.07, 6.45) is 4.44. The maximum absolute atomic E-state index is 11.8. The fraction of sp³-hybridized carbons (Fsp3) is 0.833. The number of hydrogen-bond acceptors (Lipinski definition) is 2. The first-order valence-corrected chi connectivity index (χ1v) is 6.22. The van der Waals surface area contributed by atoms with Gasteiger partial charge in [0.2, 0.25) is 0 Å². The monoisotopic (exact) mass is 242 g/mol. The molecule has 2 N–H and O–H groups in total. The van der Waals surface area contributed by atoms with Gasteiger partial charge in [0.25, 0.3) is 0 Å². The van der Waals surface area contributed by atoms with Crippen LogP contribution in [0.15, 0.2) is 0 Å². The lowest BCUT2D eigenvalue weighted by Crippen LogP contribution is -2.45. The van der Waals surface area contributed by atoms with E-state index in [1.165, 1.54) is 11.3 Å². The molecule has 0 radical (unpaired) electrons. The molecule has 1 aliphatic rings. The third-order valence-electron chi connectivity index (χ3n) is 3.27. The molecule has 1 saturated carbocycles. The van der Waals surface area contributed by atoms with E-state index < -0.39 is 5.97 Å². The van der Waals surface area contributed by atoms with Crippen LogP contribution in [0.3, 0.4) is 0 Å². The van der Waals surface area contributed by atoms with Gasteiger partial charge >= 0.3 is 12.0 Å². The number of amides is 2. The van der Waals surface area contributed by atoms with Gasteiger partial charge in [-0.25, -0.2) is 4.79 Å². The third kappa shape index (κ3) is 5.06. The molecule has 0 aromatic carbocycles. The average Bonchev–Trinajstić information content (AvgIpc) is 2.25. The van der Waals surface area contributed by atoms with Gasteiger partial charge in [0.05, 0.1) is 6.42 Å². The Hall–Kier alpha value is -1.26. The number of rotatable bonds is 4. The number of urea groups is 1. The Balaban J connectivity index is 2.29. The molecule has 0 heterocycles. The lowest BCUT2D eigenvalue weighted by atomic mass is 9.87. The number of hydrogen-bond donors (Lipinski definition) is 2. The van der Waals surface area contributed by atoms with Gasteiger partial charge in [-0.3, -0.25) is 4.79 Å². The number of aliphatic carboxylic acids is 1. The second-order valence-electron chi connectivity index (χ2n) is 4.98. The zero-order valence-electron chi connectivity index (χ0n) is 10.6. The maximum Gasteiger partial charge on any atom is 0.317 e. The average molecular weight is 242 g/mol. The van der Waals surface area contributed by atoms with E-state index in [0.717, 1.165) is 19.3 Å². The summed E-state index contributed by atoms with van der Waals surface area (Å²) in [6, 6.07) is 0.0869. The zero-order valence-corrected chi connectivity index (χ0v) is 10.6. The standard InChI is InChI=1S/C12H22N2O3/c1-9-4-3-5-10(8-9)13-12(17)14(2)7-6-11(15)16/h9-10H,3-8H2,1-2H3,(H,13,17)(H,15,16). The molecule has 5 heteroatoms. The van der Waals surface area contributed by atoms with E-state index in [1.807, 2.05) is 0 Å². The van der Waals surface area contributed by atoms with Crippen molar-refractivity contribution in [3.63, 3.8) is 0 Å². The Morgan fingerprint density at radius 2 is 2.12 bits per heavy atom. The molecule has 0 aromatic heterocycles. The normalized spacial score (nSPS) is 24.1. The van der Waals surface area contributed by atoms with E-state index in [-0.39, 0.29) is 25.0 Å². The molecule has 1 rings (SSSR count). The highest BCUT2D eigenvalue weighted by Crippen LogP contribution is 2.23. The smallest absolute Gasteiger partial charge is 0.317 e. The minimum Gasteiger partial charge on any atom is -0.481 e. The van der Waals surface area contributed by atoms with E-state index in [0.29, 0.717) is 5.92 Å². The molecule has 2 atom stereocenters. The number of carboxylic acids is 1. The van der Waals surface area contributed by atoms with Gasteiger partial charge in [0, 0.05) is 19.6 Å². The molecule has 98 valence electrons. The number of carbonyl (C=O) groups excluding carboxylic acids is 1. The molecule has 0 spiro atoms. The van der Waals surface area contributed by atoms with Crippen LogP contribution < -0.4 is 5.32 Å². The first-order valence-electron chi connectivity index (χ1n) is 6.22. The maximum atomic E-state index is 11.8. The molecular formula is C12H22N2O3. The lowest BCUT2D eigenvalue weighted by Gasteiger charge is -2.29. The summed E-state index contributed by atoms with van der Waals surface area (Å²) in [5, 5.41) is 11.5. The SMILES string of the molecule is CC1CCCC(NC(=O)N(C)CCC(=O)O)C1. The van der Waals surface area contributed by atoms with Gasteiger partial charge in [0.15, 0.2) is 0 Å². The van der Waals surface area contributed by atoms with Crippen molar-refractivity contribution in [2.45, 2.75) is 45.1 Å². The van der Waals surface area contributed by atoms with Gasteiger partial charge in [-0.1, -0.05) is 19.8 Å². The molecule has 1 fully saturated rings. The van der Waals surface area contributed by atoms with Crippen molar-refractivity contribution in [3.05, 3.63) is 0 Å². The third-order valence-corrected chi connectivity index (χ3v) is 3.27. The van der Waals surface area contributed by atoms with E-state index in [9.17, 15) is 9.59 Å². The van der Waals surface area contributed by atoms with Gasteiger partial charge in [-0.15, -0.1) is 0 Å². The van der Waals surface area contributed by atoms with E-state index in [4.69, 9.17) is 5.11 Å². The van der Waals surface area contributed by atoms with Crippen LogP contribution in [0.4, 0.5) is 4.79 Å². The number of carboxylic acid groups (broad SMARTS) is 1. The minimum atomic E-state index is -0.879. The predicted molar refractivity (Wildman–Crippen MR) is 64.8 cm³/mol. The fourth-order valence-electron chi connectivity index (χ4n) is 2.21. The fourth-order valence-corrected chi connectivity index (χ4v) is 2.21. The minimum absolute atomic E-state index is 0.00894. The quantitative estimate of drug-likeness (QED) is 0.788. The van der Waals surface area contributed by atoms with Crippen LogP contribution in [0.25, 0.3) is 0 Å². The molecule has 0 aliphatic heterocycles. The summed E-state index contributed by atoms with van der Waals surface area (Å²) in [4.78, 5) is 23.6. The van der Waals surface area contributed by atoms with Crippen molar-refractivity contribution < 1.29 is 14.7 Å². The highest BCUT2D eigenvalue weighted by atomic mass is 16.4. The highest BCUT2D eigenvalue weighted by molar-refractivity contribution is 5.75. The second-order valence-corrected chi connectivity index (χ2v) is 4.98. The van der Waals surface area contributed by atoms with Gasteiger partial charge in [0.1, 0.15) is 0 Å². The molecule has 0 bridgehead atoms. The molecule has 1 aliphatic carbocycles. The second kappa shape index (κ2) is 6.47. The van der Waals surface area contributed by atoms with Crippen LogP contribution in [0.2, 0.25) is 0 Å². The topological polar surface area (TPSA) is 69.6 Å². The number of carbonyl (C=O) groups is 2. The van der Waals surface area contributed by atoms with Crippen molar-refractivity contribution in [2.75, 3.05) is 13.6 Å². The predicted octanol–water partition coefficient (Wildman–Crippen LogP) is 1.68. The first-order chi connectivity index (χ1) is 7.99. The first kappa shape index (κ1) is 13.8. The van der Waals surface area contributed by atoms with Crippen LogP contribution in [0.5, 0.6) is 0 Å². The summed E-state index contributed by atoms with van der Waals surface area (Å²) < 4.78 is 0. The lowest BCUT2D eigenvalue weighted by molar-refractivity contribution is -0.137. The van der Waals surface area contributed by atoms with Crippen LogP contribution in [-0.2, 0) is 4.79 Å². The van der Waals surface area contributed by atoms with Crippen LogP contribution in [0.1, 0.15) is 39.0 Å². The van der Waals surface area contributed by atoms with E-state index in [2.05, 4.69) is 12.2 Å². The summed E-state index contributed by atoms with van der Waals surface area (Å²) >= 11 is 0. The molecule has 0 aromatic rings. The zero-order chi connectivity index (χ0) is 12.8. The van der Waals surface area contributed by atoms with Crippen LogP contribution in [-0.4, -0.2) is 41.6 Å². The van der Waals surface area contributed by atoms with Gasteiger partial charge in [-0.2, -0.15) is 0 Å². The Morgan fingerprint density at radius 1 is 1.41 bits per heavy atom. The summed E-state index contributed by atoms with van der Waals surface area (Å²) in [6.45, 7) is 2.45. The highest BCUT2D eigenvalue weighted by Gasteiger charge is 2.21. The molecule has 2 unspecified atom stereocenters. The Labute approximate surface area is 102 Å². The molecule has 17 heavy (non-hydrogen) atoms. The van der Waals surface area contributed by atoms with Crippen molar-refractivity contribution in [3.8, 4) is 0 Å². The van der Waals surface area contributed by atoms with Crippen molar-refractivity contribution in [2.24, 2.45) is 5.92 Å². The number of nitrogens with one attached hydrogen (secondary N) is 1. The van der Waals surface area contributed by atoms with Crippen molar-refractivity contribution in [1.82, 2.24) is 10.2 Å². The largest absolute Gasteiger partial charge is 0.481 e. The van der Waals surface area contributed by atoms with Gasteiger partial charge < -0.3 is 15.3 Å². The van der Waals surface area contributed by atoms with Gasteiger partial charge in [-0.05, 0) is 18.8 Å². The summed E-state index contributed by atoms with van der Waals surface area (Å²) in [7, 11) is 1.63. The van der Waals surface area contributed by atoms with Crippen molar-refractivity contribution in [1.29, 1.82) is 0 Å². The number of nitrogens with zero attached hydrogens (tertiary/aromatic N) is 1. The Morgan fingerprint density at radius 3 is 2.71 bits per heavy atom. The Bertz CT molecular complexity index is 281. The molecule has 5 nitrogen and oxygen atoms in total. The summed E-state index contributed by atoms with van der Waals surface area (Å²) in [5.41, 5.74) is 0.